The zero-order chi connectivity index (χ0) is 13.5. The van der Waals surface area contributed by atoms with Gasteiger partial charge in [0.1, 0.15) is 5.41 Å². The number of nitrogens with one attached hydrogen (secondary N) is 1. The summed E-state index contributed by atoms with van der Waals surface area (Å²) in [5.74, 6) is -0.729. The Morgan fingerprint density at radius 3 is 2.63 bits per heavy atom. The van der Waals surface area contributed by atoms with Gasteiger partial charge in [-0.05, 0) is 32.1 Å². The van der Waals surface area contributed by atoms with Crippen molar-refractivity contribution < 1.29 is 19.1 Å². The molecule has 2 saturated heterocycles. The van der Waals surface area contributed by atoms with Gasteiger partial charge in [-0.3, -0.25) is 19.8 Å². The third-order valence-corrected chi connectivity index (χ3v) is 4.46. The number of hydrogen-bond acceptors (Lipinski definition) is 4. The van der Waals surface area contributed by atoms with Gasteiger partial charge in [-0.1, -0.05) is 6.42 Å². The van der Waals surface area contributed by atoms with Gasteiger partial charge in [0.2, 0.25) is 11.8 Å². The van der Waals surface area contributed by atoms with E-state index in [1.807, 2.05) is 0 Å². The van der Waals surface area contributed by atoms with Gasteiger partial charge in [0.15, 0.2) is 0 Å². The molecule has 1 unspecified atom stereocenters. The van der Waals surface area contributed by atoms with Crippen molar-refractivity contribution in [1.29, 1.82) is 0 Å². The van der Waals surface area contributed by atoms with Crippen molar-refractivity contribution in [2.24, 2.45) is 5.41 Å². The van der Waals surface area contributed by atoms with Crippen molar-refractivity contribution >= 4 is 17.8 Å². The lowest BCUT2D eigenvalue weighted by Crippen LogP contribution is -2.66. The largest absolute Gasteiger partial charge is 0.378 e. The molecule has 3 fully saturated rings. The first kappa shape index (κ1) is 12.6. The Morgan fingerprint density at radius 2 is 2.05 bits per heavy atom. The van der Waals surface area contributed by atoms with Crippen LogP contribution < -0.4 is 5.32 Å². The summed E-state index contributed by atoms with van der Waals surface area (Å²) in [5.41, 5.74) is -0.954. The van der Waals surface area contributed by atoms with Gasteiger partial charge in [0, 0.05) is 13.2 Å². The third kappa shape index (κ3) is 1.94. The molecule has 1 aliphatic carbocycles. The summed E-state index contributed by atoms with van der Waals surface area (Å²) < 4.78 is 5.49. The molecule has 19 heavy (non-hydrogen) atoms. The van der Waals surface area contributed by atoms with E-state index in [9.17, 15) is 14.4 Å². The average Bonchev–Trinajstić information content (AvgIpc) is 2.79. The molecule has 0 bridgehead atoms. The van der Waals surface area contributed by atoms with E-state index in [1.54, 1.807) is 0 Å². The molecule has 4 amide bonds. The van der Waals surface area contributed by atoms with Gasteiger partial charge >= 0.3 is 6.03 Å². The molecule has 0 aromatic heterocycles. The number of nitrogens with zero attached hydrogens (tertiary/aromatic N) is 1. The second-order valence-electron chi connectivity index (χ2n) is 5.58. The first-order chi connectivity index (χ1) is 9.13. The Bertz CT molecular complexity index is 424. The molecule has 0 radical (unpaired) electrons. The van der Waals surface area contributed by atoms with E-state index < -0.39 is 17.4 Å². The Hall–Kier alpha value is -1.43. The maximum atomic E-state index is 12.4. The Labute approximate surface area is 111 Å². The highest BCUT2D eigenvalue weighted by Gasteiger charge is 2.57. The number of imide groups is 2. The molecule has 6 nitrogen and oxygen atoms in total. The van der Waals surface area contributed by atoms with E-state index >= 15 is 0 Å². The maximum Gasteiger partial charge on any atom is 0.330 e. The smallest absolute Gasteiger partial charge is 0.330 e. The van der Waals surface area contributed by atoms with E-state index in [4.69, 9.17) is 4.74 Å². The highest BCUT2D eigenvalue weighted by atomic mass is 16.5. The maximum absolute atomic E-state index is 12.4. The molecule has 6 heteroatoms. The summed E-state index contributed by atoms with van der Waals surface area (Å²) in [6.45, 7) is 1.09. The number of ether oxygens (including phenoxy) is 1. The molecule has 3 aliphatic rings. The van der Waals surface area contributed by atoms with E-state index in [1.165, 1.54) is 4.90 Å². The van der Waals surface area contributed by atoms with E-state index in [0.717, 1.165) is 25.9 Å². The zero-order valence-electron chi connectivity index (χ0n) is 10.8. The van der Waals surface area contributed by atoms with Crippen LogP contribution in [0.1, 0.15) is 38.5 Å². The summed E-state index contributed by atoms with van der Waals surface area (Å²) in [4.78, 5) is 37.2. The second kappa shape index (κ2) is 4.59. The highest BCUT2D eigenvalue weighted by Crippen LogP contribution is 2.44. The standard InChI is InChI=1S/C13H18N2O4/c16-10-13(5-2-6-13)11(17)15(12(18)14-10)7-4-9-3-1-8-19-9/h9H,1-8H2,(H,14,16,18). The van der Waals surface area contributed by atoms with Crippen LogP contribution in [0.25, 0.3) is 0 Å². The lowest BCUT2D eigenvalue weighted by Gasteiger charge is -2.44. The normalized spacial score (nSPS) is 29.6. The van der Waals surface area contributed by atoms with Gasteiger partial charge < -0.3 is 4.74 Å². The minimum Gasteiger partial charge on any atom is -0.378 e. The minimum absolute atomic E-state index is 0.135. The Balaban J connectivity index is 1.67. The summed E-state index contributed by atoms with van der Waals surface area (Å²) in [6, 6.07) is -0.578. The van der Waals surface area contributed by atoms with Crippen molar-refractivity contribution in [2.75, 3.05) is 13.2 Å². The molecule has 3 rings (SSSR count). The van der Waals surface area contributed by atoms with Crippen molar-refractivity contribution in [1.82, 2.24) is 10.2 Å². The fourth-order valence-electron chi connectivity index (χ4n) is 3.05. The van der Waals surface area contributed by atoms with Gasteiger partial charge in [-0.15, -0.1) is 0 Å². The van der Waals surface area contributed by atoms with Crippen LogP contribution in [-0.4, -0.2) is 42.0 Å². The SMILES string of the molecule is O=C1NC(=O)C2(CCC2)C(=O)N1CCC1CCCO1. The summed E-state index contributed by atoms with van der Waals surface area (Å²) in [6.07, 6.45) is 4.79. The molecule has 0 aromatic carbocycles. The van der Waals surface area contributed by atoms with Crippen LogP contribution in [0.15, 0.2) is 0 Å². The van der Waals surface area contributed by atoms with Crippen molar-refractivity contribution in [3.05, 3.63) is 0 Å². The molecule has 2 heterocycles. The van der Waals surface area contributed by atoms with Crippen LogP contribution in [0.3, 0.4) is 0 Å². The zero-order valence-corrected chi connectivity index (χ0v) is 10.8. The number of amides is 4. The molecule has 2 aliphatic heterocycles. The van der Waals surface area contributed by atoms with Crippen LogP contribution >= 0.6 is 0 Å². The van der Waals surface area contributed by atoms with Crippen molar-refractivity contribution in [3.63, 3.8) is 0 Å². The van der Waals surface area contributed by atoms with Crippen LogP contribution in [-0.2, 0) is 14.3 Å². The van der Waals surface area contributed by atoms with E-state index in [-0.39, 0.29) is 12.0 Å². The van der Waals surface area contributed by atoms with Gasteiger partial charge in [-0.2, -0.15) is 0 Å². The summed E-state index contributed by atoms with van der Waals surface area (Å²) in [5, 5.41) is 2.31. The topological polar surface area (TPSA) is 75.7 Å². The van der Waals surface area contributed by atoms with Crippen molar-refractivity contribution in [2.45, 2.75) is 44.6 Å². The monoisotopic (exact) mass is 266 g/mol. The number of hydrogen-bond donors (Lipinski definition) is 1. The molecule has 1 spiro atoms. The lowest BCUT2D eigenvalue weighted by atomic mass is 9.66. The van der Waals surface area contributed by atoms with E-state index in [2.05, 4.69) is 5.32 Å². The first-order valence-corrected chi connectivity index (χ1v) is 6.92. The van der Waals surface area contributed by atoms with Crippen LogP contribution in [0.2, 0.25) is 0 Å². The highest BCUT2D eigenvalue weighted by molar-refractivity contribution is 6.19. The number of carbonyl (C=O) groups is 3. The molecule has 104 valence electrons. The van der Waals surface area contributed by atoms with Crippen molar-refractivity contribution in [3.8, 4) is 0 Å². The quantitative estimate of drug-likeness (QED) is 0.767. The minimum atomic E-state index is -0.954. The average molecular weight is 266 g/mol. The molecule has 1 N–H and O–H groups in total. The lowest BCUT2D eigenvalue weighted by molar-refractivity contribution is -0.157. The fraction of sp³-hybridized carbons (Fsp3) is 0.769. The van der Waals surface area contributed by atoms with Gasteiger partial charge in [-0.25, -0.2) is 4.79 Å². The fourth-order valence-corrected chi connectivity index (χ4v) is 3.05. The Kier molecular flexibility index (Phi) is 3.05. The first-order valence-electron chi connectivity index (χ1n) is 6.92. The molecule has 0 aromatic rings. The molecule has 1 atom stereocenters. The number of carbonyl (C=O) groups excluding carboxylic acids is 3. The number of urea groups is 1. The Morgan fingerprint density at radius 1 is 1.26 bits per heavy atom. The summed E-state index contributed by atoms with van der Waals surface area (Å²) in [7, 11) is 0. The second-order valence-corrected chi connectivity index (χ2v) is 5.58. The molecular weight excluding hydrogens is 248 g/mol. The van der Waals surface area contributed by atoms with Crippen LogP contribution in [0, 0.1) is 5.41 Å². The van der Waals surface area contributed by atoms with Gasteiger partial charge in [0.05, 0.1) is 6.10 Å². The molecular formula is C13H18N2O4. The van der Waals surface area contributed by atoms with Crippen LogP contribution in [0.4, 0.5) is 4.79 Å². The third-order valence-electron chi connectivity index (χ3n) is 4.46. The number of barbiturate groups is 1. The summed E-state index contributed by atoms with van der Waals surface area (Å²) >= 11 is 0. The number of rotatable bonds is 3. The van der Waals surface area contributed by atoms with Crippen LogP contribution in [0.5, 0.6) is 0 Å². The predicted molar refractivity (Wildman–Crippen MR) is 65.1 cm³/mol. The van der Waals surface area contributed by atoms with Gasteiger partial charge in [0.25, 0.3) is 0 Å². The predicted octanol–water partition coefficient (Wildman–Crippen LogP) is 0.804. The molecule has 1 saturated carbocycles. The van der Waals surface area contributed by atoms with E-state index in [0.29, 0.717) is 25.8 Å².